The quantitative estimate of drug-likeness (QED) is 0.915. The molecule has 0 saturated carbocycles. The molecule has 3 rings (SSSR count). The zero-order valence-corrected chi connectivity index (χ0v) is 12.0. The van der Waals surface area contributed by atoms with Gasteiger partial charge in [-0.15, -0.1) is 0 Å². The van der Waals surface area contributed by atoms with Gasteiger partial charge in [0.05, 0.1) is 7.11 Å². The van der Waals surface area contributed by atoms with E-state index >= 15 is 0 Å². The number of hydrogen-bond acceptors (Lipinski definition) is 2. The number of aryl methyl sites for hydroxylation is 1. The summed E-state index contributed by atoms with van der Waals surface area (Å²) in [7, 11) is 5.97. The van der Waals surface area contributed by atoms with Gasteiger partial charge in [-0.05, 0) is 62.5 Å². The predicted octanol–water partition coefficient (Wildman–Crippen LogP) is 2.51. The van der Waals surface area contributed by atoms with E-state index in [2.05, 4.69) is 35.1 Å². The Hall–Kier alpha value is -1.48. The van der Waals surface area contributed by atoms with Crippen molar-refractivity contribution in [3.63, 3.8) is 0 Å². The first kappa shape index (κ1) is 12.5. The molecule has 3 nitrogen and oxygen atoms in total. The van der Waals surface area contributed by atoms with Gasteiger partial charge in [0.25, 0.3) is 0 Å². The molecule has 1 N–H and O–H groups in total. The number of nitrogens with zero attached hydrogens (tertiary/aromatic N) is 1. The van der Waals surface area contributed by atoms with Crippen molar-refractivity contribution >= 4 is 10.9 Å². The van der Waals surface area contributed by atoms with Crippen LogP contribution >= 0.6 is 0 Å². The van der Waals surface area contributed by atoms with Crippen LogP contribution < -0.4 is 10.1 Å². The Balaban J connectivity index is 2.10. The van der Waals surface area contributed by atoms with Crippen LogP contribution in [0.2, 0.25) is 0 Å². The second-order valence-corrected chi connectivity index (χ2v) is 5.53. The Kier molecular flexibility index (Phi) is 3.23. The Morgan fingerprint density at radius 2 is 2.26 bits per heavy atom. The number of rotatable bonds is 3. The lowest BCUT2D eigenvalue weighted by Crippen LogP contribution is -2.25. The average molecular weight is 258 g/mol. The molecule has 19 heavy (non-hydrogen) atoms. The van der Waals surface area contributed by atoms with Gasteiger partial charge in [-0.2, -0.15) is 0 Å². The average Bonchev–Trinajstić information content (AvgIpc) is 2.72. The van der Waals surface area contributed by atoms with E-state index < -0.39 is 0 Å². The molecule has 0 bridgehead atoms. The van der Waals surface area contributed by atoms with Gasteiger partial charge < -0.3 is 14.6 Å². The zero-order chi connectivity index (χ0) is 13.4. The summed E-state index contributed by atoms with van der Waals surface area (Å²) in [6, 6.07) is 6.42. The van der Waals surface area contributed by atoms with Crippen LogP contribution in [0.5, 0.6) is 5.75 Å². The third kappa shape index (κ3) is 2.02. The number of ether oxygens (including phenoxy) is 1. The fraction of sp³-hybridized carbons (Fsp3) is 0.500. The summed E-state index contributed by atoms with van der Waals surface area (Å²) in [5, 5.41) is 4.69. The lowest BCUT2D eigenvalue weighted by atomic mass is 9.86. The summed E-state index contributed by atoms with van der Waals surface area (Å²) in [6.07, 6.45) is 3.66. The lowest BCUT2D eigenvalue weighted by molar-refractivity contribution is 0.415. The van der Waals surface area contributed by atoms with Crippen molar-refractivity contribution < 1.29 is 4.74 Å². The largest absolute Gasteiger partial charge is 0.497 e. The van der Waals surface area contributed by atoms with Crippen molar-refractivity contribution in [2.24, 2.45) is 13.0 Å². The fourth-order valence-corrected chi connectivity index (χ4v) is 3.42. The van der Waals surface area contributed by atoms with E-state index in [0.29, 0.717) is 0 Å². The molecule has 1 aliphatic carbocycles. The molecular weight excluding hydrogens is 236 g/mol. The Bertz CT molecular complexity index is 600. The molecule has 3 heteroatoms. The van der Waals surface area contributed by atoms with Crippen molar-refractivity contribution in [1.29, 1.82) is 0 Å². The maximum atomic E-state index is 5.38. The van der Waals surface area contributed by atoms with E-state index in [4.69, 9.17) is 4.74 Å². The molecule has 102 valence electrons. The van der Waals surface area contributed by atoms with Gasteiger partial charge in [-0.3, -0.25) is 0 Å². The van der Waals surface area contributed by atoms with Crippen molar-refractivity contribution in [2.75, 3.05) is 20.7 Å². The highest BCUT2D eigenvalue weighted by Gasteiger charge is 2.24. The van der Waals surface area contributed by atoms with E-state index in [0.717, 1.165) is 18.2 Å². The first-order chi connectivity index (χ1) is 9.24. The molecule has 1 aliphatic rings. The molecule has 0 amide bonds. The molecule has 0 radical (unpaired) electrons. The summed E-state index contributed by atoms with van der Waals surface area (Å²) in [4.78, 5) is 0. The number of methoxy groups -OCH3 is 1. The zero-order valence-electron chi connectivity index (χ0n) is 12.0. The van der Waals surface area contributed by atoms with Crippen LogP contribution in [0.4, 0.5) is 0 Å². The Morgan fingerprint density at radius 1 is 1.42 bits per heavy atom. The standard InChI is InChI=1S/C16H22N2O/c1-17-10-11-4-6-15-13(8-11)14-9-12(19-3)5-7-16(14)18(15)2/h5,7,9,11,17H,4,6,8,10H2,1-3H3. The highest BCUT2D eigenvalue weighted by atomic mass is 16.5. The number of fused-ring (bicyclic) bond motifs is 3. The van der Waals surface area contributed by atoms with Crippen LogP contribution in [-0.4, -0.2) is 25.3 Å². The Labute approximate surface area is 114 Å². The van der Waals surface area contributed by atoms with Gasteiger partial charge in [0.2, 0.25) is 0 Å². The third-order valence-electron chi connectivity index (χ3n) is 4.42. The molecule has 0 saturated heterocycles. The van der Waals surface area contributed by atoms with Crippen molar-refractivity contribution in [1.82, 2.24) is 9.88 Å². The van der Waals surface area contributed by atoms with Crippen LogP contribution in [0.25, 0.3) is 10.9 Å². The van der Waals surface area contributed by atoms with Crippen molar-refractivity contribution in [3.05, 3.63) is 29.5 Å². The van der Waals surface area contributed by atoms with Crippen LogP contribution in [0.1, 0.15) is 17.7 Å². The van der Waals surface area contributed by atoms with Crippen LogP contribution in [0.3, 0.4) is 0 Å². The van der Waals surface area contributed by atoms with E-state index in [1.165, 1.54) is 41.4 Å². The smallest absolute Gasteiger partial charge is 0.119 e. The second-order valence-electron chi connectivity index (χ2n) is 5.53. The molecule has 0 fully saturated rings. The third-order valence-corrected chi connectivity index (χ3v) is 4.42. The minimum Gasteiger partial charge on any atom is -0.497 e. The predicted molar refractivity (Wildman–Crippen MR) is 78.9 cm³/mol. The van der Waals surface area contributed by atoms with Gasteiger partial charge >= 0.3 is 0 Å². The Morgan fingerprint density at radius 3 is 3.00 bits per heavy atom. The molecule has 1 aromatic carbocycles. The minimum atomic E-state index is 0.759. The van der Waals surface area contributed by atoms with E-state index in [1.807, 2.05) is 7.05 Å². The van der Waals surface area contributed by atoms with Gasteiger partial charge in [-0.1, -0.05) is 0 Å². The normalized spacial score (nSPS) is 18.6. The minimum absolute atomic E-state index is 0.759. The van der Waals surface area contributed by atoms with Crippen LogP contribution in [0, 0.1) is 5.92 Å². The maximum Gasteiger partial charge on any atom is 0.119 e. The lowest BCUT2D eigenvalue weighted by Gasteiger charge is -2.23. The topological polar surface area (TPSA) is 26.2 Å². The van der Waals surface area contributed by atoms with Gasteiger partial charge in [0.1, 0.15) is 5.75 Å². The van der Waals surface area contributed by atoms with E-state index in [1.54, 1.807) is 7.11 Å². The highest BCUT2D eigenvalue weighted by Crippen LogP contribution is 2.35. The summed E-state index contributed by atoms with van der Waals surface area (Å²) in [5.74, 6) is 1.71. The fourth-order valence-electron chi connectivity index (χ4n) is 3.42. The molecule has 0 aliphatic heterocycles. The number of benzene rings is 1. The van der Waals surface area contributed by atoms with E-state index in [-0.39, 0.29) is 0 Å². The highest BCUT2D eigenvalue weighted by molar-refractivity contribution is 5.87. The van der Waals surface area contributed by atoms with Gasteiger partial charge in [-0.25, -0.2) is 0 Å². The molecule has 1 heterocycles. The molecule has 1 aromatic heterocycles. The first-order valence-electron chi connectivity index (χ1n) is 7.03. The summed E-state index contributed by atoms with van der Waals surface area (Å²) in [5.41, 5.74) is 4.37. The second kappa shape index (κ2) is 4.89. The summed E-state index contributed by atoms with van der Waals surface area (Å²) < 4.78 is 7.74. The summed E-state index contributed by atoms with van der Waals surface area (Å²) in [6.45, 7) is 1.11. The first-order valence-corrected chi connectivity index (χ1v) is 7.03. The molecule has 1 unspecified atom stereocenters. The number of aromatic nitrogens is 1. The monoisotopic (exact) mass is 258 g/mol. The van der Waals surface area contributed by atoms with E-state index in [9.17, 15) is 0 Å². The van der Waals surface area contributed by atoms with Gasteiger partial charge in [0, 0.05) is 23.6 Å². The van der Waals surface area contributed by atoms with Crippen molar-refractivity contribution in [2.45, 2.75) is 19.3 Å². The molecule has 1 atom stereocenters. The maximum absolute atomic E-state index is 5.38. The van der Waals surface area contributed by atoms with Crippen LogP contribution in [0.15, 0.2) is 18.2 Å². The van der Waals surface area contributed by atoms with Gasteiger partial charge in [0.15, 0.2) is 0 Å². The molecule has 0 spiro atoms. The molecule has 2 aromatic rings. The number of nitrogens with one attached hydrogen (secondary N) is 1. The SMILES string of the molecule is CNCC1CCc2c(c3cc(OC)ccc3n2C)C1. The molecular formula is C16H22N2O. The van der Waals surface area contributed by atoms with Crippen LogP contribution in [-0.2, 0) is 19.9 Å². The number of hydrogen-bond donors (Lipinski definition) is 1. The van der Waals surface area contributed by atoms with Crippen molar-refractivity contribution in [3.8, 4) is 5.75 Å². The summed E-state index contributed by atoms with van der Waals surface area (Å²) >= 11 is 0.